The number of hydrogen-bond donors (Lipinski definition) is 1. The second kappa shape index (κ2) is 7.24. The van der Waals surface area contributed by atoms with E-state index in [2.05, 4.69) is 5.32 Å². The number of hydrogen-bond acceptors (Lipinski definition) is 5. The van der Waals surface area contributed by atoms with Crippen LogP contribution >= 0.6 is 23.2 Å². The molecule has 24 heavy (non-hydrogen) atoms. The molecule has 1 N–H and O–H groups in total. The molecule has 1 amide bonds. The molecule has 0 fully saturated rings. The molecule has 0 aliphatic rings. The predicted molar refractivity (Wildman–Crippen MR) is 88.5 cm³/mol. The Labute approximate surface area is 145 Å². The number of nitro groups is 2. The van der Waals surface area contributed by atoms with Gasteiger partial charge in [-0.15, -0.1) is 0 Å². The molecule has 0 atom stereocenters. The molecule has 0 unspecified atom stereocenters. The Hall–Kier alpha value is -2.71. The van der Waals surface area contributed by atoms with Crippen molar-refractivity contribution in [3.63, 3.8) is 0 Å². The van der Waals surface area contributed by atoms with Gasteiger partial charge in [0.1, 0.15) is 0 Å². The molecule has 0 saturated carbocycles. The van der Waals surface area contributed by atoms with Gasteiger partial charge in [-0.25, -0.2) is 0 Å². The van der Waals surface area contributed by atoms with Crippen LogP contribution in [0.1, 0.15) is 5.56 Å². The molecule has 2 rings (SSSR count). The molecule has 0 heterocycles. The minimum absolute atomic E-state index is 0.0428. The standard InChI is InChI=1S/C14H9Cl2N3O5/c15-10-2-1-3-11(14(10)16)17-13(20)6-8-4-5-9(18(21)22)7-12(8)19(23)24/h1-5,7H,6H2,(H,17,20). The average Bonchev–Trinajstić information content (AvgIpc) is 2.51. The van der Waals surface area contributed by atoms with E-state index in [0.717, 1.165) is 12.1 Å². The number of rotatable bonds is 5. The van der Waals surface area contributed by atoms with E-state index >= 15 is 0 Å². The van der Waals surface area contributed by atoms with Gasteiger partial charge in [0, 0.05) is 11.6 Å². The lowest BCUT2D eigenvalue weighted by atomic mass is 10.1. The Kier molecular flexibility index (Phi) is 5.32. The van der Waals surface area contributed by atoms with Crippen molar-refractivity contribution in [3.8, 4) is 0 Å². The van der Waals surface area contributed by atoms with Crippen LogP contribution in [-0.2, 0) is 11.2 Å². The summed E-state index contributed by atoms with van der Waals surface area (Å²) < 4.78 is 0. The van der Waals surface area contributed by atoms with Crippen molar-refractivity contribution in [3.05, 3.63) is 72.2 Å². The number of carbonyl (C=O) groups excluding carboxylic acids is 1. The second-order valence-corrected chi connectivity index (χ2v) is 5.44. The molecule has 124 valence electrons. The molecule has 10 heteroatoms. The van der Waals surface area contributed by atoms with Crippen molar-refractivity contribution in [2.24, 2.45) is 0 Å². The van der Waals surface area contributed by atoms with E-state index in [1.54, 1.807) is 12.1 Å². The summed E-state index contributed by atoms with van der Waals surface area (Å²) in [6.45, 7) is 0. The minimum Gasteiger partial charge on any atom is -0.324 e. The van der Waals surface area contributed by atoms with Gasteiger partial charge in [-0.05, 0) is 18.2 Å². The van der Waals surface area contributed by atoms with E-state index in [4.69, 9.17) is 23.2 Å². The van der Waals surface area contributed by atoms with Crippen LogP contribution in [0.4, 0.5) is 17.1 Å². The molecule has 2 aromatic carbocycles. The van der Waals surface area contributed by atoms with E-state index in [1.807, 2.05) is 0 Å². The van der Waals surface area contributed by atoms with Crippen LogP contribution in [0.25, 0.3) is 0 Å². The number of halogens is 2. The maximum atomic E-state index is 12.1. The highest BCUT2D eigenvalue weighted by atomic mass is 35.5. The molecular weight excluding hydrogens is 361 g/mol. The molecular formula is C14H9Cl2N3O5. The van der Waals surface area contributed by atoms with Gasteiger partial charge in [-0.3, -0.25) is 25.0 Å². The van der Waals surface area contributed by atoms with Gasteiger partial charge in [-0.1, -0.05) is 29.3 Å². The summed E-state index contributed by atoms with van der Waals surface area (Å²) in [6, 6.07) is 7.74. The van der Waals surface area contributed by atoms with E-state index in [-0.39, 0.29) is 27.7 Å². The molecule has 2 aromatic rings. The van der Waals surface area contributed by atoms with Crippen molar-refractivity contribution in [2.45, 2.75) is 6.42 Å². The third-order valence-electron chi connectivity index (χ3n) is 3.05. The monoisotopic (exact) mass is 369 g/mol. The van der Waals surface area contributed by atoms with Crippen molar-refractivity contribution >= 4 is 46.2 Å². The highest BCUT2D eigenvalue weighted by Crippen LogP contribution is 2.30. The van der Waals surface area contributed by atoms with Crippen molar-refractivity contribution in [1.29, 1.82) is 0 Å². The van der Waals surface area contributed by atoms with Crippen LogP contribution in [0.5, 0.6) is 0 Å². The summed E-state index contributed by atoms with van der Waals surface area (Å²) in [4.78, 5) is 32.3. The summed E-state index contributed by atoms with van der Waals surface area (Å²) >= 11 is 11.8. The minimum atomic E-state index is -0.776. The lowest BCUT2D eigenvalue weighted by molar-refractivity contribution is -0.394. The smallest absolute Gasteiger partial charge is 0.279 e. The third kappa shape index (κ3) is 3.98. The van der Waals surface area contributed by atoms with Crippen LogP contribution in [0.2, 0.25) is 10.0 Å². The van der Waals surface area contributed by atoms with Gasteiger partial charge in [0.25, 0.3) is 11.4 Å². The maximum absolute atomic E-state index is 12.1. The first kappa shape index (κ1) is 17.6. The van der Waals surface area contributed by atoms with Gasteiger partial charge in [0.15, 0.2) is 0 Å². The quantitative estimate of drug-likeness (QED) is 0.631. The van der Waals surface area contributed by atoms with Gasteiger partial charge in [0.05, 0.1) is 38.1 Å². The topological polar surface area (TPSA) is 115 Å². The van der Waals surface area contributed by atoms with E-state index in [9.17, 15) is 25.0 Å². The Morgan fingerprint density at radius 3 is 2.42 bits per heavy atom. The number of nitrogens with one attached hydrogen (secondary N) is 1. The molecule has 0 spiro atoms. The van der Waals surface area contributed by atoms with E-state index in [0.29, 0.717) is 0 Å². The molecule has 0 aliphatic heterocycles. The number of carbonyl (C=O) groups is 1. The first-order valence-corrected chi connectivity index (χ1v) is 7.20. The van der Waals surface area contributed by atoms with E-state index in [1.165, 1.54) is 12.1 Å². The molecule has 8 nitrogen and oxygen atoms in total. The van der Waals surface area contributed by atoms with Gasteiger partial charge in [0.2, 0.25) is 5.91 Å². The first-order valence-electron chi connectivity index (χ1n) is 6.45. The summed E-state index contributed by atoms with van der Waals surface area (Å²) in [7, 11) is 0. The van der Waals surface area contributed by atoms with Gasteiger partial charge < -0.3 is 5.32 Å². The zero-order valence-corrected chi connectivity index (χ0v) is 13.4. The van der Waals surface area contributed by atoms with Crippen LogP contribution in [0.3, 0.4) is 0 Å². The number of anilines is 1. The second-order valence-electron chi connectivity index (χ2n) is 4.65. The van der Waals surface area contributed by atoms with Crippen molar-refractivity contribution < 1.29 is 14.6 Å². The number of benzene rings is 2. The van der Waals surface area contributed by atoms with Crippen LogP contribution in [0, 0.1) is 20.2 Å². The van der Waals surface area contributed by atoms with Crippen LogP contribution in [-0.4, -0.2) is 15.8 Å². The summed E-state index contributed by atoms with van der Waals surface area (Å²) in [5.74, 6) is -0.573. The fraction of sp³-hybridized carbons (Fsp3) is 0.0714. The Morgan fingerprint density at radius 2 is 1.79 bits per heavy atom. The first-order chi connectivity index (χ1) is 11.3. The molecule has 0 radical (unpaired) electrons. The largest absolute Gasteiger partial charge is 0.324 e. The Bertz CT molecular complexity index is 841. The Morgan fingerprint density at radius 1 is 1.08 bits per heavy atom. The number of nitrogens with zero attached hydrogens (tertiary/aromatic N) is 2. The SMILES string of the molecule is O=C(Cc1ccc([N+](=O)[O-])cc1[N+](=O)[O-])Nc1cccc(Cl)c1Cl. The number of amides is 1. The fourth-order valence-corrected chi connectivity index (χ4v) is 2.30. The van der Waals surface area contributed by atoms with Crippen LogP contribution in [0.15, 0.2) is 36.4 Å². The normalized spacial score (nSPS) is 10.2. The van der Waals surface area contributed by atoms with E-state index < -0.39 is 27.1 Å². The average molecular weight is 370 g/mol. The molecule has 0 aliphatic carbocycles. The van der Waals surface area contributed by atoms with Crippen molar-refractivity contribution in [2.75, 3.05) is 5.32 Å². The van der Waals surface area contributed by atoms with Crippen molar-refractivity contribution in [1.82, 2.24) is 0 Å². The third-order valence-corrected chi connectivity index (χ3v) is 3.87. The highest BCUT2D eigenvalue weighted by molar-refractivity contribution is 6.44. The van der Waals surface area contributed by atoms with Crippen LogP contribution < -0.4 is 5.32 Å². The summed E-state index contributed by atoms with van der Waals surface area (Å²) in [5, 5.41) is 24.6. The summed E-state index contributed by atoms with van der Waals surface area (Å²) in [6.07, 6.45) is -0.350. The lowest BCUT2D eigenvalue weighted by Crippen LogP contribution is -2.15. The zero-order chi connectivity index (χ0) is 17.9. The maximum Gasteiger partial charge on any atom is 0.279 e. The fourth-order valence-electron chi connectivity index (χ4n) is 1.95. The molecule has 0 aromatic heterocycles. The molecule has 0 bridgehead atoms. The number of nitro benzene ring substituents is 2. The zero-order valence-electron chi connectivity index (χ0n) is 11.9. The lowest BCUT2D eigenvalue weighted by Gasteiger charge is -2.08. The molecule has 0 saturated heterocycles. The predicted octanol–water partition coefficient (Wildman–Crippen LogP) is 3.99. The van der Waals surface area contributed by atoms with Gasteiger partial charge >= 0.3 is 0 Å². The Balaban J connectivity index is 2.24. The van der Waals surface area contributed by atoms with Gasteiger partial charge in [-0.2, -0.15) is 0 Å². The number of non-ortho nitro benzene ring substituents is 1. The highest BCUT2D eigenvalue weighted by Gasteiger charge is 2.21. The summed E-state index contributed by atoms with van der Waals surface area (Å²) in [5.41, 5.74) is -0.625.